The van der Waals surface area contributed by atoms with Crippen molar-refractivity contribution < 1.29 is 4.74 Å². The van der Waals surface area contributed by atoms with Gasteiger partial charge >= 0.3 is 0 Å². The lowest BCUT2D eigenvalue weighted by atomic mass is 9.73. The van der Waals surface area contributed by atoms with E-state index in [1.165, 1.54) is 36.9 Å². The summed E-state index contributed by atoms with van der Waals surface area (Å²) in [7, 11) is 0. The fraction of sp³-hybridized carbons (Fsp3) is 0.647. The fourth-order valence-electron chi connectivity index (χ4n) is 3.23. The summed E-state index contributed by atoms with van der Waals surface area (Å²) < 4.78 is 6.08. The fourth-order valence-corrected chi connectivity index (χ4v) is 3.23. The van der Waals surface area contributed by atoms with Crippen LogP contribution in [0.4, 0.5) is 5.69 Å². The Morgan fingerprint density at radius 2 is 2.11 bits per heavy atom. The van der Waals surface area contributed by atoms with Crippen LogP contribution < -0.4 is 10.1 Å². The molecule has 1 saturated carbocycles. The normalized spacial score (nSPS) is 29.7. The molecule has 104 valence electrons. The topological polar surface area (TPSA) is 21.3 Å². The van der Waals surface area contributed by atoms with Crippen molar-refractivity contribution >= 4 is 5.69 Å². The molecule has 1 heterocycles. The lowest BCUT2D eigenvalue weighted by Gasteiger charge is -2.36. The summed E-state index contributed by atoms with van der Waals surface area (Å²) in [6.45, 7) is 6.68. The average molecular weight is 259 g/mol. The third-order valence-electron chi connectivity index (χ3n) is 4.86. The number of nitrogens with one attached hydrogen (secondary N) is 1. The molecule has 1 aliphatic carbocycles. The van der Waals surface area contributed by atoms with Crippen molar-refractivity contribution in [3.63, 3.8) is 0 Å². The molecule has 0 atom stereocenters. The number of hydrogen-bond donors (Lipinski definition) is 1. The molecule has 1 fully saturated rings. The van der Waals surface area contributed by atoms with Crippen LogP contribution in [-0.2, 0) is 6.42 Å². The molecule has 1 N–H and O–H groups in total. The highest BCUT2D eigenvalue weighted by molar-refractivity contribution is 5.57. The Hall–Kier alpha value is -1.18. The van der Waals surface area contributed by atoms with E-state index in [-0.39, 0.29) is 0 Å². The van der Waals surface area contributed by atoms with Crippen LogP contribution in [-0.4, -0.2) is 13.2 Å². The molecule has 2 nitrogen and oxygen atoms in total. The first kappa shape index (κ1) is 12.8. The van der Waals surface area contributed by atoms with Gasteiger partial charge in [-0.1, -0.05) is 26.7 Å². The van der Waals surface area contributed by atoms with Gasteiger partial charge in [0, 0.05) is 17.6 Å². The van der Waals surface area contributed by atoms with Crippen molar-refractivity contribution in [3.05, 3.63) is 23.8 Å². The van der Waals surface area contributed by atoms with Crippen LogP contribution in [0.15, 0.2) is 18.2 Å². The first-order valence-electron chi connectivity index (χ1n) is 7.64. The first-order chi connectivity index (χ1) is 9.15. The van der Waals surface area contributed by atoms with E-state index in [2.05, 4.69) is 37.4 Å². The van der Waals surface area contributed by atoms with Gasteiger partial charge in [-0.2, -0.15) is 0 Å². The van der Waals surface area contributed by atoms with E-state index in [0.717, 1.165) is 31.2 Å². The van der Waals surface area contributed by atoms with Gasteiger partial charge in [0.15, 0.2) is 0 Å². The third kappa shape index (κ3) is 2.88. The molecule has 2 heteroatoms. The van der Waals surface area contributed by atoms with Crippen LogP contribution in [0, 0.1) is 11.3 Å². The van der Waals surface area contributed by atoms with Crippen LogP contribution in [0.5, 0.6) is 5.75 Å². The zero-order valence-electron chi connectivity index (χ0n) is 12.2. The van der Waals surface area contributed by atoms with Gasteiger partial charge in [-0.05, 0) is 48.9 Å². The maximum atomic E-state index is 6.08. The largest absolute Gasteiger partial charge is 0.493 e. The Labute approximate surface area is 116 Å². The summed E-state index contributed by atoms with van der Waals surface area (Å²) in [5.74, 6) is 1.95. The summed E-state index contributed by atoms with van der Waals surface area (Å²) in [4.78, 5) is 0. The monoisotopic (exact) mass is 259 g/mol. The van der Waals surface area contributed by atoms with Crippen LogP contribution in [0.25, 0.3) is 0 Å². The average Bonchev–Trinajstić information content (AvgIpc) is 2.88. The third-order valence-corrected chi connectivity index (χ3v) is 4.86. The van der Waals surface area contributed by atoms with Crippen LogP contribution in [0.3, 0.4) is 0 Å². The first-order valence-corrected chi connectivity index (χ1v) is 7.64. The molecule has 0 saturated heterocycles. The van der Waals surface area contributed by atoms with E-state index in [9.17, 15) is 0 Å². The molecule has 3 rings (SSSR count). The smallest absolute Gasteiger partial charge is 0.119 e. The second-order valence-corrected chi connectivity index (χ2v) is 6.78. The molecule has 0 amide bonds. The van der Waals surface area contributed by atoms with Gasteiger partial charge in [0.2, 0.25) is 0 Å². The molecular formula is C17H25NO. The molecule has 0 aromatic heterocycles. The number of rotatable bonds is 3. The van der Waals surface area contributed by atoms with Gasteiger partial charge in [0.05, 0.1) is 6.61 Å². The summed E-state index contributed by atoms with van der Waals surface area (Å²) in [6.07, 6.45) is 6.45. The van der Waals surface area contributed by atoms with Crippen molar-refractivity contribution in [1.29, 1.82) is 0 Å². The van der Waals surface area contributed by atoms with E-state index in [1.807, 2.05) is 0 Å². The van der Waals surface area contributed by atoms with E-state index in [1.54, 1.807) is 0 Å². The summed E-state index contributed by atoms with van der Waals surface area (Å²) >= 11 is 0. The van der Waals surface area contributed by atoms with E-state index in [0.29, 0.717) is 5.41 Å². The van der Waals surface area contributed by atoms with E-state index in [4.69, 9.17) is 4.74 Å². The van der Waals surface area contributed by atoms with Gasteiger partial charge in [-0.25, -0.2) is 0 Å². The Kier molecular flexibility index (Phi) is 3.42. The Morgan fingerprint density at radius 3 is 2.89 bits per heavy atom. The van der Waals surface area contributed by atoms with E-state index >= 15 is 0 Å². The number of benzene rings is 1. The minimum atomic E-state index is 0.379. The Bertz CT molecular complexity index is 447. The second kappa shape index (κ2) is 5.07. The Balaban J connectivity index is 1.60. The highest BCUT2D eigenvalue weighted by Crippen LogP contribution is 2.39. The lowest BCUT2D eigenvalue weighted by Crippen LogP contribution is -2.29. The number of hydrogen-bond acceptors (Lipinski definition) is 2. The van der Waals surface area contributed by atoms with Crippen LogP contribution >= 0.6 is 0 Å². The number of fused-ring (bicyclic) bond motifs is 1. The molecule has 0 spiro atoms. The summed E-state index contributed by atoms with van der Waals surface area (Å²) in [6, 6.07) is 6.47. The molecule has 19 heavy (non-hydrogen) atoms. The van der Waals surface area contributed by atoms with Crippen molar-refractivity contribution in [3.8, 4) is 5.75 Å². The van der Waals surface area contributed by atoms with Crippen molar-refractivity contribution in [1.82, 2.24) is 0 Å². The second-order valence-electron chi connectivity index (χ2n) is 6.78. The van der Waals surface area contributed by atoms with Crippen molar-refractivity contribution in [2.45, 2.75) is 46.0 Å². The predicted molar refractivity (Wildman–Crippen MR) is 79.9 cm³/mol. The van der Waals surface area contributed by atoms with Gasteiger partial charge < -0.3 is 10.1 Å². The number of anilines is 1. The molecule has 1 aromatic rings. The molecular weight excluding hydrogens is 234 g/mol. The molecule has 1 aliphatic heterocycles. The minimum Gasteiger partial charge on any atom is -0.493 e. The SMILES string of the molecule is CC1CCC(C)(COc2ccc3c(c2)CCN3)CC1. The summed E-state index contributed by atoms with van der Waals surface area (Å²) in [5, 5.41) is 3.39. The molecule has 2 aliphatic rings. The van der Waals surface area contributed by atoms with Gasteiger partial charge in [-0.3, -0.25) is 0 Å². The highest BCUT2D eigenvalue weighted by Gasteiger charge is 2.30. The van der Waals surface area contributed by atoms with Gasteiger partial charge in [-0.15, -0.1) is 0 Å². The van der Waals surface area contributed by atoms with Crippen molar-refractivity contribution in [2.75, 3.05) is 18.5 Å². The van der Waals surface area contributed by atoms with Gasteiger partial charge in [0.1, 0.15) is 5.75 Å². The van der Waals surface area contributed by atoms with E-state index < -0.39 is 0 Å². The Morgan fingerprint density at radius 1 is 1.32 bits per heavy atom. The molecule has 0 radical (unpaired) electrons. The summed E-state index contributed by atoms with van der Waals surface area (Å²) in [5.41, 5.74) is 3.06. The maximum absolute atomic E-state index is 6.08. The zero-order valence-corrected chi connectivity index (χ0v) is 12.2. The molecule has 1 aromatic carbocycles. The zero-order chi connectivity index (χ0) is 13.3. The quantitative estimate of drug-likeness (QED) is 0.876. The number of ether oxygens (including phenoxy) is 1. The molecule has 0 unspecified atom stereocenters. The van der Waals surface area contributed by atoms with Crippen molar-refractivity contribution in [2.24, 2.45) is 11.3 Å². The van der Waals surface area contributed by atoms with Gasteiger partial charge in [0.25, 0.3) is 0 Å². The van der Waals surface area contributed by atoms with Crippen LogP contribution in [0.2, 0.25) is 0 Å². The maximum Gasteiger partial charge on any atom is 0.119 e. The minimum absolute atomic E-state index is 0.379. The standard InChI is InChI=1S/C17H25NO/c1-13-5-8-17(2,9-6-13)12-19-15-3-4-16-14(11-15)7-10-18-16/h3-4,11,13,18H,5-10,12H2,1-2H3. The highest BCUT2D eigenvalue weighted by atomic mass is 16.5. The van der Waals surface area contributed by atoms with Crippen LogP contribution in [0.1, 0.15) is 45.1 Å². The predicted octanol–water partition coefficient (Wildman–Crippen LogP) is 4.25. The molecule has 0 bridgehead atoms. The lowest BCUT2D eigenvalue weighted by molar-refractivity contribution is 0.0981.